The minimum Gasteiger partial charge on any atom is -0.748 e. The van der Waals surface area contributed by atoms with E-state index >= 15 is 0 Å². The molecule has 1 N–H and O–H groups in total. The molecule has 2 aliphatic heterocycles. The lowest BCUT2D eigenvalue weighted by Gasteiger charge is -2.59. The second-order valence-corrected chi connectivity index (χ2v) is 34.7. The van der Waals surface area contributed by atoms with E-state index in [0.717, 1.165) is 63.5 Å². The molecule has 9 fully saturated rings. The van der Waals surface area contributed by atoms with E-state index in [0.29, 0.717) is 54.8 Å². The Bertz CT molecular complexity index is 2740. The molecular weight excluding hydrogens is 1190 g/mol. The van der Waals surface area contributed by atoms with Crippen LogP contribution in [0.1, 0.15) is 236 Å². The molecule has 2 saturated heterocycles. The van der Waals surface area contributed by atoms with E-state index in [1.807, 2.05) is 55.4 Å². The highest BCUT2D eigenvalue weighted by Crippen LogP contribution is 2.59. The van der Waals surface area contributed by atoms with Gasteiger partial charge < -0.3 is 38.1 Å². The zero-order chi connectivity index (χ0) is 66.1. The van der Waals surface area contributed by atoms with Crippen LogP contribution < -0.4 is 4.74 Å². The lowest BCUT2D eigenvalue weighted by molar-refractivity contribution is -0.225. The highest BCUT2D eigenvalue weighted by Gasteiger charge is 2.65. The van der Waals surface area contributed by atoms with Gasteiger partial charge in [-0.2, -0.15) is 8.42 Å². The predicted molar refractivity (Wildman–Crippen MR) is 339 cm³/mol. The fourth-order valence-electron chi connectivity index (χ4n) is 13.7. The summed E-state index contributed by atoms with van der Waals surface area (Å²) >= 11 is 0. The first kappa shape index (κ1) is 75.2. The third-order valence-corrected chi connectivity index (χ3v) is 25.5. The minimum absolute atomic E-state index is 0.0130. The summed E-state index contributed by atoms with van der Waals surface area (Å²) in [6.07, 6.45) is 19.5. The highest BCUT2D eigenvalue weighted by atomic mass is 32.2. The fourth-order valence-corrected chi connectivity index (χ4v) is 18.3. The highest BCUT2D eigenvalue weighted by molar-refractivity contribution is 7.97. The molecule has 9 aliphatic rings. The molecule has 0 spiro atoms. The molecule has 88 heavy (non-hydrogen) atoms. The molecule has 0 radical (unpaired) electrons. The lowest BCUT2D eigenvalue weighted by Crippen LogP contribution is -2.61. The summed E-state index contributed by atoms with van der Waals surface area (Å²) in [6.45, 7) is 28.1. The van der Waals surface area contributed by atoms with Crippen LogP contribution in [0.3, 0.4) is 0 Å². The number of carbonyl (C=O) groups is 5. The average molecular weight is 1300 g/mol. The molecule has 7 atom stereocenters. The molecule has 18 nitrogen and oxygen atoms in total. The Hall–Kier alpha value is -3.50. The summed E-state index contributed by atoms with van der Waals surface area (Å²) in [7, 11) is -5.56. The van der Waals surface area contributed by atoms with E-state index in [-0.39, 0.29) is 47.0 Å². The minimum atomic E-state index is -4.30. The Labute approximate surface area is 531 Å². The molecule has 0 amide bonds. The van der Waals surface area contributed by atoms with Crippen LogP contribution in [0.15, 0.2) is 17.0 Å². The molecule has 1 aromatic carbocycles. The lowest BCUT2D eigenvalue weighted by atomic mass is 9.52. The van der Waals surface area contributed by atoms with Crippen LogP contribution in [0, 0.1) is 59.2 Å². The van der Waals surface area contributed by atoms with Gasteiger partial charge in [-0.25, -0.2) is 13.2 Å². The molecule has 6 bridgehead atoms. The molecule has 504 valence electrons. The monoisotopic (exact) mass is 1300 g/mol. The normalized spacial score (nSPS) is 28.1. The van der Waals surface area contributed by atoms with Crippen molar-refractivity contribution in [2.24, 2.45) is 45.3 Å². The maximum Gasteiger partial charge on any atom is 0.344 e. The number of fused-ring (bicyclic) bond motifs is 1. The second-order valence-electron chi connectivity index (χ2n) is 29.2. The van der Waals surface area contributed by atoms with Gasteiger partial charge in [-0.15, -0.1) is 0 Å². The van der Waals surface area contributed by atoms with E-state index < -0.39 is 89.8 Å². The maximum absolute atomic E-state index is 12.4. The Balaban J connectivity index is 0.000000203. The quantitative estimate of drug-likeness (QED) is 0.0443. The van der Waals surface area contributed by atoms with Crippen LogP contribution in [0.5, 0.6) is 5.75 Å². The second kappa shape index (κ2) is 30.5. The van der Waals surface area contributed by atoms with Gasteiger partial charge in [0.15, 0.2) is 11.5 Å². The van der Waals surface area contributed by atoms with Crippen molar-refractivity contribution >= 4 is 61.0 Å². The van der Waals surface area contributed by atoms with Crippen molar-refractivity contribution in [1.82, 2.24) is 0 Å². The summed E-state index contributed by atoms with van der Waals surface area (Å²) in [6, 6.07) is 4.67. The zero-order valence-corrected chi connectivity index (χ0v) is 58.6. The van der Waals surface area contributed by atoms with Crippen molar-refractivity contribution in [1.29, 1.82) is 0 Å². The number of aryl methyl sites for hydroxylation is 2. The number of rotatable bonds is 19. The molecule has 0 aromatic heterocycles. The van der Waals surface area contributed by atoms with E-state index in [2.05, 4.69) is 37.6 Å². The summed E-state index contributed by atoms with van der Waals surface area (Å²) in [5.41, 5.74) is -0.516. The van der Waals surface area contributed by atoms with Crippen molar-refractivity contribution in [3.63, 3.8) is 0 Å². The smallest absolute Gasteiger partial charge is 0.344 e. The number of esters is 5. The standard InChI is InChI=1S/C16H26O3.C15H22O7S.C14H26O2.C14H21OS.C8H16O5S/c1-4-14(2,3)13(17)19-16-8-11-5-12(9-16)7-15(18,6-11)10-16;1-4-15(2,3)14(17)20-7-11(16)21-12-8-5-9-10(6-8)23(18,19)22-13(9)12;1-5-13(3,4)12(15)16-14(6-2)10-8-7-9-11-14;1-11-9-13(10-12(2)14(11)15-3)16-7-5-4-6-8-16;1-4-8(2,3)7(9)13-5-6-14(10,11)12/h11-12,18H,4-10H2,1-3H3;8-10,12-13H,4-7H2,1-3H3;5-11H2,1-4H3;9-10H,4-8H2,1-3H3;4-6H2,1-3H3,(H,10,11,12)/q;;;+1;/p-1. The predicted octanol–water partition coefficient (Wildman–Crippen LogP) is 12.1. The number of carbonyl (C=O) groups excluding carboxylic acids is 5. The van der Waals surface area contributed by atoms with Crippen LogP contribution >= 0.6 is 0 Å². The molecule has 7 saturated carbocycles. The summed E-state index contributed by atoms with van der Waals surface area (Å²) < 4.78 is 91.6. The first-order valence-corrected chi connectivity index (χ1v) is 37.3. The average Bonchev–Trinajstić information content (AvgIpc) is 1.52. The maximum atomic E-state index is 12.4. The van der Waals surface area contributed by atoms with E-state index in [4.69, 9.17) is 27.9 Å². The van der Waals surface area contributed by atoms with Gasteiger partial charge in [0.1, 0.15) is 47.3 Å². The number of methoxy groups -OCH3 is 1. The number of benzene rings is 1. The van der Waals surface area contributed by atoms with Crippen LogP contribution in [-0.4, -0.2) is 128 Å². The molecule has 2 heterocycles. The summed E-state index contributed by atoms with van der Waals surface area (Å²) in [4.78, 5) is 61.1. The molecule has 10 rings (SSSR count). The van der Waals surface area contributed by atoms with Crippen LogP contribution in [0.25, 0.3) is 0 Å². The Morgan fingerprint density at radius 2 is 1.18 bits per heavy atom. The summed E-state index contributed by atoms with van der Waals surface area (Å²) in [5, 5.41) is 10.2. The van der Waals surface area contributed by atoms with Crippen LogP contribution in [0.2, 0.25) is 0 Å². The molecule has 7 unspecified atom stereocenters. The largest absolute Gasteiger partial charge is 0.748 e. The Morgan fingerprint density at radius 1 is 0.693 bits per heavy atom. The van der Waals surface area contributed by atoms with Crippen molar-refractivity contribution in [3.8, 4) is 5.75 Å². The number of hydrogen-bond acceptors (Lipinski definition) is 18. The zero-order valence-electron chi connectivity index (χ0n) is 56.2. The molecule has 1 aromatic rings. The Morgan fingerprint density at radius 3 is 1.66 bits per heavy atom. The van der Waals surface area contributed by atoms with Gasteiger partial charge in [-0.3, -0.25) is 23.4 Å². The SMILES string of the molecule is CCC(C)(C)C(=O)OC12CC3CC(CC(O)(C3)C1)C2.CCC(C)(C)C(=O)OCC(=O)OC1C2CC3C1OS(=O)(=O)C3C2.CCC(C)(C)C(=O)OCCS(=O)(=O)[O-].CCC1(OC(=O)C(C)(C)CC)CCCCC1.COc1c(C)cc([S+]2CCCCC2)cc1C. The van der Waals surface area contributed by atoms with Gasteiger partial charge in [0, 0.05) is 29.2 Å². The first-order chi connectivity index (χ1) is 40.8. The van der Waals surface area contributed by atoms with E-state index in [1.165, 1.54) is 67.6 Å². The number of ether oxygens (including phenoxy) is 6. The molecule has 7 aliphatic carbocycles. The molecule has 21 heteroatoms. The fraction of sp³-hybridized carbons (Fsp3) is 0.836. The van der Waals surface area contributed by atoms with Gasteiger partial charge in [0.25, 0.3) is 10.1 Å². The van der Waals surface area contributed by atoms with Crippen LogP contribution in [0.4, 0.5) is 0 Å². The van der Waals surface area contributed by atoms with Gasteiger partial charge in [-0.05, 0) is 226 Å². The van der Waals surface area contributed by atoms with Gasteiger partial charge in [0.2, 0.25) is 0 Å². The summed E-state index contributed by atoms with van der Waals surface area (Å²) in [5.74, 6) is 2.54. The van der Waals surface area contributed by atoms with Gasteiger partial charge in [0.05, 0.1) is 55.5 Å². The third-order valence-electron chi connectivity index (χ3n) is 20.6. The van der Waals surface area contributed by atoms with Crippen molar-refractivity contribution < 1.29 is 83.1 Å². The topological polar surface area (TPSA) is 262 Å². The first-order valence-electron chi connectivity index (χ1n) is 32.7. The van der Waals surface area contributed by atoms with Crippen molar-refractivity contribution in [2.75, 3.05) is 37.6 Å². The van der Waals surface area contributed by atoms with Crippen molar-refractivity contribution in [2.45, 2.75) is 278 Å². The molecular formula is C67H110O18S3. The van der Waals surface area contributed by atoms with Gasteiger partial charge >= 0.3 is 29.8 Å². The number of hydrogen-bond donors (Lipinski definition) is 1. The van der Waals surface area contributed by atoms with Crippen molar-refractivity contribution in [3.05, 3.63) is 23.3 Å². The Kier molecular flexibility index (Phi) is 26.1. The third kappa shape index (κ3) is 19.8. The van der Waals surface area contributed by atoms with E-state index in [1.54, 1.807) is 39.7 Å². The van der Waals surface area contributed by atoms with Gasteiger partial charge in [-0.1, -0.05) is 41.0 Å². The van der Waals surface area contributed by atoms with Crippen LogP contribution in [-0.2, 0) is 83.0 Å². The van der Waals surface area contributed by atoms with E-state index in [9.17, 15) is 50.5 Å². The number of aliphatic hydroxyl groups is 1.